The summed E-state index contributed by atoms with van der Waals surface area (Å²) >= 11 is 0. The van der Waals surface area contributed by atoms with Crippen molar-refractivity contribution in [3.05, 3.63) is 35.4 Å². The maximum atomic E-state index is 13.0. The first-order valence-corrected chi connectivity index (χ1v) is 5.88. The molecule has 0 unspecified atom stereocenters. The molecule has 0 bridgehead atoms. The van der Waals surface area contributed by atoms with Gasteiger partial charge in [-0.25, -0.2) is 8.78 Å². The summed E-state index contributed by atoms with van der Waals surface area (Å²) < 4.78 is 25.7. The third-order valence-corrected chi connectivity index (χ3v) is 2.61. The predicted molar refractivity (Wildman–Crippen MR) is 66.3 cm³/mol. The molecule has 0 radical (unpaired) electrons. The van der Waals surface area contributed by atoms with E-state index in [1.165, 1.54) is 0 Å². The highest BCUT2D eigenvalue weighted by molar-refractivity contribution is 5.97. The summed E-state index contributed by atoms with van der Waals surface area (Å²) in [5, 5.41) is 10.7. The van der Waals surface area contributed by atoms with E-state index in [-0.39, 0.29) is 18.4 Å². The number of nitrogens with two attached hydrogens (primary N) is 1. The van der Waals surface area contributed by atoms with Gasteiger partial charge in [0.05, 0.1) is 6.07 Å². The van der Waals surface area contributed by atoms with Crippen LogP contribution >= 0.6 is 0 Å². The van der Waals surface area contributed by atoms with Crippen molar-refractivity contribution < 1.29 is 18.4 Å². The van der Waals surface area contributed by atoms with Crippen molar-refractivity contribution in [2.45, 2.75) is 25.3 Å². The fourth-order valence-corrected chi connectivity index (χ4v) is 1.55. The number of halogens is 2. The van der Waals surface area contributed by atoms with Gasteiger partial charge >= 0.3 is 0 Å². The van der Waals surface area contributed by atoms with Gasteiger partial charge < -0.3 is 11.1 Å². The topological polar surface area (TPSA) is 96.0 Å². The molecule has 0 aliphatic heterocycles. The Balaban J connectivity index is 2.72. The molecule has 1 rings (SSSR count). The average Bonchev–Trinajstić information content (AvgIpc) is 2.40. The Morgan fingerprint density at radius 1 is 1.35 bits per heavy atom. The summed E-state index contributed by atoms with van der Waals surface area (Å²) in [6, 6.07) is 3.60. The maximum absolute atomic E-state index is 13.0. The second-order valence-electron chi connectivity index (χ2n) is 4.11. The monoisotopic (exact) mass is 281 g/mol. The van der Waals surface area contributed by atoms with Crippen molar-refractivity contribution in [1.82, 2.24) is 5.32 Å². The molecule has 20 heavy (non-hydrogen) atoms. The Morgan fingerprint density at radius 3 is 2.60 bits per heavy atom. The number of primary amides is 1. The summed E-state index contributed by atoms with van der Waals surface area (Å²) in [5.74, 6) is -3.71. The van der Waals surface area contributed by atoms with E-state index in [0.29, 0.717) is 6.42 Å². The molecule has 7 heteroatoms. The van der Waals surface area contributed by atoms with E-state index in [0.717, 1.165) is 18.2 Å². The van der Waals surface area contributed by atoms with Crippen LogP contribution in [0.5, 0.6) is 0 Å². The molecule has 0 heterocycles. The maximum Gasteiger partial charge on any atom is 0.252 e. The van der Waals surface area contributed by atoms with Crippen LogP contribution in [0, 0.1) is 23.0 Å². The molecule has 0 spiro atoms. The summed E-state index contributed by atoms with van der Waals surface area (Å²) in [6.45, 7) is 0. The van der Waals surface area contributed by atoms with Crippen LogP contribution in [-0.4, -0.2) is 17.9 Å². The predicted octanol–water partition coefficient (Wildman–Crippen LogP) is 1.24. The van der Waals surface area contributed by atoms with Crippen LogP contribution in [0.4, 0.5) is 8.78 Å². The molecular weight excluding hydrogens is 268 g/mol. The lowest BCUT2D eigenvalue weighted by molar-refractivity contribution is -0.120. The molecule has 3 N–H and O–H groups in total. The van der Waals surface area contributed by atoms with Crippen LogP contribution in [-0.2, 0) is 4.79 Å². The number of hydrogen-bond acceptors (Lipinski definition) is 3. The van der Waals surface area contributed by atoms with Gasteiger partial charge in [0.25, 0.3) is 5.91 Å². The Morgan fingerprint density at radius 2 is 2.05 bits per heavy atom. The highest BCUT2D eigenvalue weighted by Crippen LogP contribution is 2.09. The van der Waals surface area contributed by atoms with Crippen LogP contribution in [0.2, 0.25) is 0 Å². The minimum atomic E-state index is -1.15. The van der Waals surface area contributed by atoms with Crippen LogP contribution < -0.4 is 11.1 Å². The zero-order valence-electron chi connectivity index (χ0n) is 10.5. The number of carbonyl (C=O) groups excluding carboxylic acids is 2. The molecule has 106 valence electrons. The molecule has 0 aliphatic rings. The number of benzene rings is 1. The van der Waals surface area contributed by atoms with E-state index < -0.39 is 29.5 Å². The van der Waals surface area contributed by atoms with Crippen molar-refractivity contribution in [2.75, 3.05) is 0 Å². The Bertz CT molecular complexity index is 555. The van der Waals surface area contributed by atoms with E-state index >= 15 is 0 Å². The van der Waals surface area contributed by atoms with E-state index in [9.17, 15) is 18.4 Å². The Kier molecular flexibility index (Phi) is 5.59. The molecule has 5 nitrogen and oxygen atoms in total. The highest BCUT2D eigenvalue weighted by atomic mass is 19.2. The van der Waals surface area contributed by atoms with Gasteiger partial charge in [-0.15, -0.1) is 0 Å². The minimum absolute atomic E-state index is 0.115. The molecule has 0 aromatic heterocycles. The van der Waals surface area contributed by atoms with Gasteiger partial charge in [-0.3, -0.25) is 9.59 Å². The van der Waals surface area contributed by atoms with Crippen molar-refractivity contribution >= 4 is 11.8 Å². The van der Waals surface area contributed by atoms with Crippen molar-refractivity contribution in [3.8, 4) is 6.07 Å². The third kappa shape index (κ3) is 4.31. The minimum Gasteiger partial charge on any atom is -0.368 e. The molecule has 1 aromatic rings. The van der Waals surface area contributed by atoms with Gasteiger partial charge in [-0.2, -0.15) is 5.26 Å². The van der Waals surface area contributed by atoms with E-state index in [2.05, 4.69) is 5.32 Å². The SMILES string of the molecule is N#CCCC[C@@H](NC(=O)c1ccc(F)c(F)c1)C(N)=O. The Labute approximate surface area is 114 Å². The Hall–Kier alpha value is -2.49. The highest BCUT2D eigenvalue weighted by Gasteiger charge is 2.19. The lowest BCUT2D eigenvalue weighted by atomic mass is 10.1. The number of unbranched alkanes of at least 4 members (excludes halogenated alkanes) is 1. The van der Waals surface area contributed by atoms with Crippen LogP contribution in [0.1, 0.15) is 29.6 Å². The van der Waals surface area contributed by atoms with E-state index in [1.54, 1.807) is 0 Å². The van der Waals surface area contributed by atoms with Crippen molar-refractivity contribution in [3.63, 3.8) is 0 Å². The molecule has 0 aliphatic carbocycles. The summed E-state index contributed by atoms with van der Waals surface area (Å²) in [5.41, 5.74) is 5.01. The van der Waals surface area contributed by atoms with Crippen LogP contribution in [0.15, 0.2) is 18.2 Å². The first-order valence-electron chi connectivity index (χ1n) is 5.88. The number of rotatable bonds is 6. The zero-order valence-corrected chi connectivity index (χ0v) is 10.5. The summed E-state index contributed by atoms with van der Waals surface area (Å²) in [7, 11) is 0. The number of nitrogens with one attached hydrogen (secondary N) is 1. The van der Waals surface area contributed by atoms with Gasteiger partial charge in [0.2, 0.25) is 5.91 Å². The van der Waals surface area contributed by atoms with E-state index in [1.807, 2.05) is 6.07 Å². The smallest absolute Gasteiger partial charge is 0.252 e. The second-order valence-corrected chi connectivity index (χ2v) is 4.11. The third-order valence-electron chi connectivity index (χ3n) is 2.61. The fraction of sp³-hybridized carbons (Fsp3) is 0.308. The van der Waals surface area contributed by atoms with E-state index in [4.69, 9.17) is 11.0 Å². The number of amides is 2. The lowest BCUT2D eigenvalue weighted by Crippen LogP contribution is -2.44. The molecule has 1 atom stereocenters. The van der Waals surface area contributed by atoms with Gasteiger partial charge in [-0.1, -0.05) is 0 Å². The lowest BCUT2D eigenvalue weighted by Gasteiger charge is -2.14. The van der Waals surface area contributed by atoms with Crippen molar-refractivity contribution in [2.24, 2.45) is 5.73 Å². The number of nitriles is 1. The van der Waals surface area contributed by atoms with Crippen LogP contribution in [0.3, 0.4) is 0 Å². The van der Waals surface area contributed by atoms with Gasteiger partial charge in [0.1, 0.15) is 6.04 Å². The van der Waals surface area contributed by atoms with Gasteiger partial charge in [-0.05, 0) is 31.0 Å². The number of nitrogens with zero attached hydrogens (tertiary/aromatic N) is 1. The summed E-state index contributed by atoms with van der Waals surface area (Å²) in [6.07, 6.45) is 0.825. The fourth-order valence-electron chi connectivity index (χ4n) is 1.55. The number of carbonyl (C=O) groups is 2. The normalized spacial score (nSPS) is 11.4. The molecule has 0 saturated heterocycles. The molecule has 0 fully saturated rings. The quantitative estimate of drug-likeness (QED) is 0.768. The molecule has 2 amide bonds. The standard InChI is InChI=1S/C13H13F2N3O2/c14-9-5-4-8(7-10(9)15)13(20)18-11(12(17)19)3-1-2-6-16/h4-5,7,11H,1-3H2,(H2,17,19)(H,18,20)/t11-/m1/s1. The van der Waals surface area contributed by atoms with Crippen molar-refractivity contribution in [1.29, 1.82) is 5.26 Å². The molecule has 1 aromatic carbocycles. The average molecular weight is 281 g/mol. The first kappa shape index (κ1) is 15.6. The molecule has 0 saturated carbocycles. The summed E-state index contributed by atoms with van der Waals surface area (Å²) in [4.78, 5) is 23.0. The first-order chi connectivity index (χ1) is 9.45. The largest absolute Gasteiger partial charge is 0.368 e. The number of hydrogen-bond donors (Lipinski definition) is 2. The van der Waals surface area contributed by atoms with Gasteiger partial charge in [0, 0.05) is 12.0 Å². The zero-order chi connectivity index (χ0) is 15.1. The van der Waals surface area contributed by atoms with Gasteiger partial charge in [0.15, 0.2) is 11.6 Å². The second kappa shape index (κ2) is 7.19. The molecular formula is C13H13F2N3O2. The van der Waals surface area contributed by atoms with Crippen LogP contribution in [0.25, 0.3) is 0 Å².